The average Bonchev–Trinajstić information content (AvgIpc) is 2.88. The molecule has 0 bridgehead atoms. The summed E-state index contributed by atoms with van der Waals surface area (Å²) in [4.78, 5) is 0. The lowest BCUT2D eigenvalue weighted by Gasteiger charge is -2.14. The molecule has 0 saturated heterocycles. The number of rotatable bonds is 4. The van der Waals surface area contributed by atoms with Crippen LogP contribution in [0.2, 0.25) is 0 Å². The maximum atomic E-state index is 5.75. The molecule has 0 heterocycles. The Labute approximate surface area is 194 Å². The van der Waals surface area contributed by atoms with E-state index in [0.29, 0.717) is 0 Å². The van der Waals surface area contributed by atoms with Gasteiger partial charge in [0, 0.05) is 0 Å². The van der Waals surface area contributed by atoms with Crippen molar-refractivity contribution in [3.63, 3.8) is 0 Å². The third-order valence-corrected chi connectivity index (χ3v) is 6.60. The van der Waals surface area contributed by atoms with Gasteiger partial charge >= 0.3 is 0 Å². The van der Waals surface area contributed by atoms with Crippen LogP contribution in [-0.2, 0) is 0 Å². The number of methoxy groups -OCH3 is 1. The molecule has 0 aliphatic rings. The summed E-state index contributed by atoms with van der Waals surface area (Å²) in [5, 5.41) is 7.65. The van der Waals surface area contributed by atoms with Gasteiger partial charge in [-0.2, -0.15) is 0 Å². The minimum Gasteiger partial charge on any atom is -0.497 e. The molecule has 33 heavy (non-hydrogen) atoms. The second-order valence-corrected chi connectivity index (χ2v) is 8.54. The fraction of sp³-hybridized carbons (Fsp3) is 0.0323. The molecule has 2 heteroatoms. The molecule has 6 aromatic rings. The van der Waals surface area contributed by atoms with E-state index in [1.807, 2.05) is 0 Å². The average molecular weight is 422 g/mol. The van der Waals surface area contributed by atoms with Gasteiger partial charge in [-0.05, 0) is 61.0 Å². The molecule has 0 aliphatic carbocycles. The first-order valence-corrected chi connectivity index (χ1v) is 11.4. The summed E-state index contributed by atoms with van der Waals surface area (Å²) >= 11 is 0. The number of hydrogen-bond donors (Lipinski definition) is 0. The smallest absolute Gasteiger partial charge is 0.197 e. The highest BCUT2D eigenvalue weighted by Crippen LogP contribution is 2.34. The third kappa shape index (κ3) is 3.45. The molecule has 0 N–H and O–H groups in total. The minimum atomic E-state index is 0.823. The maximum absolute atomic E-state index is 5.75. The molecule has 6 rings (SSSR count). The number of ether oxygens (including phenoxy) is 1. The lowest BCUT2D eigenvalue weighted by molar-refractivity contribution is 0.418. The molecular formula is C31H23BO. The predicted octanol–water partition coefficient (Wildman–Crippen LogP) is 6.21. The standard InChI is InChI=1S/C31H23BO/c1-33-30-18-17-21-9-2-5-14-26(21)31(30)32-24-12-8-11-22(19-24)29-20-23-10-3-4-13-25(23)27-15-6-7-16-28(27)29/h2-20,32H,1H3. The summed E-state index contributed by atoms with van der Waals surface area (Å²) in [6.07, 6.45) is 0. The van der Waals surface area contributed by atoms with Gasteiger partial charge in [-0.25, -0.2) is 0 Å². The maximum Gasteiger partial charge on any atom is 0.197 e. The Morgan fingerprint density at radius 3 is 2.06 bits per heavy atom. The number of benzene rings is 6. The van der Waals surface area contributed by atoms with E-state index >= 15 is 0 Å². The van der Waals surface area contributed by atoms with Crippen LogP contribution in [0.1, 0.15) is 0 Å². The van der Waals surface area contributed by atoms with Gasteiger partial charge in [-0.3, -0.25) is 0 Å². The van der Waals surface area contributed by atoms with E-state index < -0.39 is 0 Å². The highest BCUT2D eigenvalue weighted by atomic mass is 16.5. The summed E-state index contributed by atoms with van der Waals surface area (Å²) in [6, 6.07) is 41.4. The fourth-order valence-electron chi connectivity index (χ4n) is 5.04. The van der Waals surface area contributed by atoms with Crippen LogP contribution in [0.15, 0.2) is 115 Å². The SMILES string of the molecule is COc1ccc2ccccc2c1Bc1cccc(-c2cc3ccccc3c3ccccc23)c1. The first-order valence-electron chi connectivity index (χ1n) is 11.4. The second-order valence-electron chi connectivity index (χ2n) is 8.54. The fourth-order valence-corrected chi connectivity index (χ4v) is 5.04. The van der Waals surface area contributed by atoms with E-state index in [1.54, 1.807) is 7.11 Å². The van der Waals surface area contributed by atoms with E-state index in [0.717, 1.165) is 13.0 Å². The van der Waals surface area contributed by atoms with E-state index in [2.05, 4.69) is 115 Å². The van der Waals surface area contributed by atoms with Gasteiger partial charge < -0.3 is 4.74 Å². The van der Waals surface area contributed by atoms with E-state index in [4.69, 9.17) is 4.74 Å². The molecule has 0 aliphatic heterocycles. The third-order valence-electron chi connectivity index (χ3n) is 6.60. The van der Waals surface area contributed by atoms with Crippen LogP contribution >= 0.6 is 0 Å². The van der Waals surface area contributed by atoms with Crippen molar-refractivity contribution in [2.24, 2.45) is 0 Å². The van der Waals surface area contributed by atoms with Crippen LogP contribution in [0.3, 0.4) is 0 Å². The largest absolute Gasteiger partial charge is 0.497 e. The second kappa shape index (κ2) is 8.14. The van der Waals surface area contributed by atoms with Crippen LogP contribution < -0.4 is 15.7 Å². The molecule has 156 valence electrons. The zero-order chi connectivity index (χ0) is 22.2. The Kier molecular flexibility index (Phi) is 4.85. The summed E-state index contributed by atoms with van der Waals surface area (Å²) < 4.78 is 5.75. The Balaban J connectivity index is 1.51. The van der Waals surface area contributed by atoms with Crippen LogP contribution in [0.25, 0.3) is 43.4 Å². The molecule has 1 nitrogen and oxygen atoms in total. The molecule has 0 radical (unpaired) electrons. The van der Waals surface area contributed by atoms with Crippen LogP contribution in [0, 0.1) is 0 Å². The summed E-state index contributed by atoms with van der Waals surface area (Å²) in [5.41, 5.74) is 5.03. The van der Waals surface area contributed by atoms with Gasteiger partial charge in [-0.15, -0.1) is 0 Å². The zero-order valence-corrected chi connectivity index (χ0v) is 18.6. The molecule has 0 fully saturated rings. The molecule has 0 aromatic heterocycles. The minimum absolute atomic E-state index is 0.823. The molecule has 0 unspecified atom stereocenters. The molecule has 6 aromatic carbocycles. The van der Waals surface area contributed by atoms with Gasteiger partial charge in [0.25, 0.3) is 0 Å². The molecular weight excluding hydrogens is 399 g/mol. The lowest BCUT2D eigenvalue weighted by Crippen LogP contribution is -2.29. The first kappa shape index (κ1) is 19.6. The first-order chi connectivity index (χ1) is 16.3. The van der Waals surface area contributed by atoms with E-state index in [1.165, 1.54) is 54.4 Å². The molecule has 0 amide bonds. The Hall–Kier alpha value is -4.04. The van der Waals surface area contributed by atoms with E-state index in [-0.39, 0.29) is 0 Å². The van der Waals surface area contributed by atoms with Crippen molar-refractivity contribution in [2.75, 3.05) is 7.11 Å². The summed E-state index contributed by atoms with van der Waals surface area (Å²) in [5.74, 6) is 0.940. The van der Waals surface area contributed by atoms with Gasteiger partial charge in [0.2, 0.25) is 0 Å². The quantitative estimate of drug-likeness (QED) is 0.243. The normalized spacial score (nSPS) is 11.2. The Bertz CT molecular complexity index is 1630. The number of fused-ring (bicyclic) bond motifs is 4. The molecule has 0 atom stereocenters. The van der Waals surface area contributed by atoms with Gasteiger partial charge in [-0.1, -0.05) is 109 Å². The zero-order valence-electron chi connectivity index (χ0n) is 18.6. The summed E-state index contributed by atoms with van der Waals surface area (Å²) in [6.45, 7) is 0. The van der Waals surface area contributed by atoms with Gasteiger partial charge in [0.1, 0.15) is 5.75 Å². The lowest BCUT2D eigenvalue weighted by atomic mass is 9.62. The molecule has 0 saturated carbocycles. The topological polar surface area (TPSA) is 9.23 Å². The number of hydrogen-bond acceptors (Lipinski definition) is 1. The van der Waals surface area contributed by atoms with Crippen molar-refractivity contribution in [1.82, 2.24) is 0 Å². The predicted molar refractivity (Wildman–Crippen MR) is 144 cm³/mol. The highest BCUT2D eigenvalue weighted by molar-refractivity contribution is 6.70. The Morgan fingerprint density at radius 2 is 1.24 bits per heavy atom. The van der Waals surface area contributed by atoms with Gasteiger partial charge in [0.15, 0.2) is 7.28 Å². The molecule has 0 spiro atoms. The van der Waals surface area contributed by atoms with Crippen molar-refractivity contribution >= 4 is 50.5 Å². The monoisotopic (exact) mass is 422 g/mol. The van der Waals surface area contributed by atoms with E-state index in [9.17, 15) is 0 Å². The summed E-state index contributed by atoms with van der Waals surface area (Å²) in [7, 11) is 2.58. The van der Waals surface area contributed by atoms with Crippen LogP contribution in [-0.4, -0.2) is 14.4 Å². The van der Waals surface area contributed by atoms with Crippen molar-refractivity contribution in [1.29, 1.82) is 0 Å². The van der Waals surface area contributed by atoms with Crippen molar-refractivity contribution in [2.45, 2.75) is 0 Å². The van der Waals surface area contributed by atoms with Crippen molar-refractivity contribution in [3.05, 3.63) is 115 Å². The van der Waals surface area contributed by atoms with Crippen LogP contribution in [0.5, 0.6) is 5.75 Å². The van der Waals surface area contributed by atoms with Gasteiger partial charge in [0.05, 0.1) is 7.11 Å². The van der Waals surface area contributed by atoms with Crippen LogP contribution in [0.4, 0.5) is 0 Å². The highest BCUT2D eigenvalue weighted by Gasteiger charge is 2.13. The van der Waals surface area contributed by atoms with Crippen molar-refractivity contribution < 1.29 is 4.74 Å². The Morgan fingerprint density at radius 1 is 0.545 bits per heavy atom. The van der Waals surface area contributed by atoms with Crippen molar-refractivity contribution in [3.8, 4) is 16.9 Å².